The molecule has 0 aliphatic carbocycles. The Balaban J connectivity index is 1.60. The van der Waals surface area contributed by atoms with Crippen molar-refractivity contribution in [2.45, 2.75) is 26.3 Å². The van der Waals surface area contributed by atoms with Crippen molar-refractivity contribution in [2.24, 2.45) is 5.92 Å². The second-order valence-corrected chi connectivity index (χ2v) is 5.01. The van der Waals surface area contributed by atoms with E-state index in [9.17, 15) is 4.79 Å². The quantitative estimate of drug-likeness (QED) is 0.784. The molecule has 1 fully saturated rings. The number of amides is 1. The second-order valence-electron chi connectivity index (χ2n) is 5.01. The van der Waals surface area contributed by atoms with E-state index in [-0.39, 0.29) is 5.91 Å². The molecule has 0 unspecified atom stereocenters. The molecule has 1 amide bonds. The van der Waals surface area contributed by atoms with Crippen molar-refractivity contribution in [3.8, 4) is 0 Å². The number of hydrogen-bond acceptors (Lipinski definition) is 3. The molecule has 1 aromatic rings. The van der Waals surface area contributed by atoms with Gasteiger partial charge in [0.1, 0.15) is 0 Å². The summed E-state index contributed by atoms with van der Waals surface area (Å²) in [6.45, 7) is 6.11. The minimum Gasteiger partial charge on any atom is -0.342 e. The molecule has 2 rings (SSSR count). The van der Waals surface area contributed by atoms with Crippen LogP contribution in [0.2, 0.25) is 0 Å². The molecule has 1 saturated heterocycles. The number of aromatic nitrogens is 2. The van der Waals surface area contributed by atoms with Crippen molar-refractivity contribution in [1.29, 1.82) is 0 Å². The molecule has 0 bridgehead atoms. The maximum Gasteiger partial charge on any atom is 0.236 e. The fourth-order valence-corrected chi connectivity index (χ4v) is 2.19. The molecule has 0 aromatic carbocycles. The summed E-state index contributed by atoms with van der Waals surface area (Å²) < 4.78 is 1.86. The summed E-state index contributed by atoms with van der Waals surface area (Å²) in [6, 6.07) is 1.90. The van der Waals surface area contributed by atoms with E-state index in [1.165, 1.54) is 0 Å². The molecular formula is C13H22N4O. The molecule has 0 radical (unpaired) electrons. The van der Waals surface area contributed by atoms with E-state index in [1.807, 2.05) is 21.8 Å². The van der Waals surface area contributed by atoms with Crippen LogP contribution in [0.15, 0.2) is 18.5 Å². The van der Waals surface area contributed by atoms with Gasteiger partial charge in [-0.3, -0.25) is 9.48 Å². The molecule has 18 heavy (non-hydrogen) atoms. The van der Waals surface area contributed by atoms with E-state index in [4.69, 9.17) is 0 Å². The first kappa shape index (κ1) is 13.1. The van der Waals surface area contributed by atoms with Crippen LogP contribution in [-0.4, -0.2) is 46.8 Å². The van der Waals surface area contributed by atoms with Gasteiger partial charge in [-0.25, -0.2) is 0 Å². The highest BCUT2D eigenvalue weighted by Crippen LogP contribution is 2.15. The number of nitrogens with one attached hydrogen (secondary N) is 1. The molecule has 2 heterocycles. The smallest absolute Gasteiger partial charge is 0.236 e. The monoisotopic (exact) mass is 250 g/mol. The van der Waals surface area contributed by atoms with E-state index < -0.39 is 0 Å². The molecule has 100 valence electrons. The van der Waals surface area contributed by atoms with Crippen LogP contribution in [0.4, 0.5) is 0 Å². The zero-order chi connectivity index (χ0) is 12.8. The van der Waals surface area contributed by atoms with E-state index >= 15 is 0 Å². The van der Waals surface area contributed by atoms with Gasteiger partial charge in [0.2, 0.25) is 5.91 Å². The molecule has 1 aliphatic rings. The highest BCUT2D eigenvalue weighted by atomic mass is 16.2. The summed E-state index contributed by atoms with van der Waals surface area (Å²) in [5.41, 5.74) is 0. The Morgan fingerprint density at radius 1 is 1.44 bits per heavy atom. The SMILES string of the molecule is CC1CCN(C(=O)CNCCn2cccn2)CC1. The van der Waals surface area contributed by atoms with Crippen LogP contribution >= 0.6 is 0 Å². The van der Waals surface area contributed by atoms with Crippen molar-refractivity contribution >= 4 is 5.91 Å². The summed E-state index contributed by atoms with van der Waals surface area (Å²) in [7, 11) is 0. The standard InChI is InChI=1S/C13H22N4O/c1-12-3-8-16(9-4-12)13(18)11-14-6-10-17-7-2-5-15-17/h2,5,7,12,14H,3-4,6,8-11H2,1H3. The number of carbonyl (C=O) groups excluding carboxylic acids is 1. The summed E-state index contributed by atoms with van der Waals surface area (Å²) in [5, 5.41) is 7.29. The molecule has 1 aromatic heterocycles. The van der Waals surface area contributed by atoms with Gasteiger partial charge >= 0.3 is 0 Å². The molecular weight excluding hydrogens is 228 g/mol. The Hall–Kier alpha value is -1.36. The maximum absolute atomic E-state index is 11.9. The van der Waals surface area contributed by atoms with Gasteiger partial charge in [0.25, 0.3) is 0 Å². The van der Waals surface area contributed by atoms with Gasteiger partial charge in [-0.15, -0.1) is 0 Å². The Kier molecular flexibility index (Phi) is 4.75. The number of piperidine rings is 1. The van der Waals surface area contributed by atoms with E-state index in [1.54, 1.807) is 6.20 Å². The zero-order valence-corrected chi connectivity index (χ0v) is 11.0. The predicted molar refractivity (Wildman–Crippen MR) is 70.1 cm³/mol. The van der Waals surface area contributed by atoms with Gasteiger partial charge in [-0.1, -0.05) is 6.92 Å². The number of nitrogens with zero attached hydrogens (tertiary/aromatic N) is 3. The zero-order valence-electron chi connectivity index (χ0n) is 11.0. The summed E-state index contributed by atoms with van der Waals surface area (Å²) in [4.78, 5) is 13.9. The second kappa shape index (κ2) is 6.54. The normalized spacial score (nSPS) is 17.1. The molecule has 0 saturated carbocycles. The van der Waals surface area contributed by atoms with Gasteiger partial charge in [0.05, 0.1) is 13.1 Å². The summed E-state index contributed by atoms with van der Waals surface area (Å²) in [5.74, 6) is 0.990. The highest BCUT2D eigenvalue weighted by molar-refractivity contribution is 5.78. The average molecular weight is 250 g/mol. The lowest BCUT2D eigenvalue weighted by atomic mass is 9.99. The first-order valence-corrected chi connectivity index (χ1v) is 6.71. The van der Waals surface area contributed by atoms with Crippen molar-refractivity contribution in [3.63, 3.8) is 0 Å². The summed E-state index contributed by atoms with van der Waals surface area (Å²) in [6.07, 6.45) is 5.97. The van der Waals surface area contributed by atoms with E-state index in [2.05, 4.69) is 17.3 Å². The van der Waals surface area contributed by atoms with Crippen LogP contribution in [0, 0.1) is 5.92 Å². The summed E-state index contributed by atoms with van der Waals surface area (Å²) >= 11 is 0. The molecule has 1 N–H and O–H groups in total. The molecule has 5 heteroatoms. The number of likely N-dealkylation sites (tertiary alicyclic amines) is 1. The molecule has 1 aliphatic heterocycles. The highest BCUT2D eigenvalue weighted by Gasteiger charge is 2.19. The lowest BCUT2D eigenvalue weighted by molar-refractivity contribution is -0.131. The molecule has 0 atom stereocenters. The lowest BCUT2D eigenvalue weighted by Gasteiger charge is -2.30. The Labute approximate surface area is 108 Å². The van der Waals surface area contributed by atoms with Crippen LogP contribution in [0.3, 0.4) is 0 Å². The maximum atomic E-state index is 11.9. The van der Waals surface area contributed by atoms with Gasteiger partial charge in [0.15, 0.2) is 0 Å². The van der Waals surface area contributed by atoms with Crippen LogP contribution < -0.4 is 5.32 Å². The topological polar surface area (TPSA) is 50.2 Å². The number of rotatable bonds is 5. The van der Waals surface area contributed by atoms with Gasteiger partial charge in [-0.05, 0) is 24.8 Å². The first-order chi connectivity index (χ1) is 8.75. The van der Waals surface area contributed by atoms with Crippen LogP contribution in [0.25, 0.3) is 0 Å². The average Bonchev–Trinajstić information content (AvgIpc) is 2.88. The minimum atomic E-state index is 0.224. The van der Waals surface area contributed by atoms with Gasteiger partial charge in [0, 0.05) is 32.0 Å². The number of hydrogen-bond donors (Lipinski definition) is 1. The largest absolute Gasteiger partial charge is 0.342 e. The third kappa shape index (κ3) is 3.84. The Morgan fingerprint density at radius 2 is 2.22 bits per heavy atom. The third-order valence-electron chi connectivity index (χ3n) is 3.49. The predicted octanol–water partition coefficient (Wildman–Crippen LogP) is 0.731. The van der Waals surface area contributed by atoms with Gasteiger partial charge < -0.3 is 10.2 Å². The van der Waals surface area contributed by atoms with Crippen molar-refractivity contribution in [2.75, 3.05) is 26.2 Å². The third-order valence-corrected chi connectivity index (χ3v) is 3.49. The van der Waals surface area contributed by atoms with Crippen molar-refractivity contribution < 1.29 is 4.79 Å². The fraction of sp³-hybridized carbons (Fsp3) is 0.692. The van der Waals surface area contributed by atoms with Crippen LogP contribution in [0.5, 0.6) is 0 Å². The Bertz CT molecular complexity index is 355. The van der Waals surface area contributed by atoms with Crippen LogP contribution in [0.1, 0.15) is 19.8 Å². The minimum absolute atomic E-state index is 0.224. The van der Waals surface area contributed by atoms with Crippen LogP contribution in [-0.2, 0) is 11.3 Å². The van der Waals surface area contributed by atoms with E-state index in [0.29, 0.717) is 6.54 Å². The van der Waals surface area contributed by atoms with Crippen molar-refractivity contribution in [1.82, 2.24) is 20.0 Å². The Morgan fingerprint density at radius 3 is 2.89 bits per heavy atom. The fourth-order valence-electron chi connectivity index (χ4n) is 2.19. The van der Waals surface area contributed by atoms with Crippen molar-refractivity contribution in [3.05, 3.63) is 18.5 Å². The van der Waals surface area contributed by atoms with E-state index in [0.717, 1.165) is 44.9 Å². The first-order valence-electron chi connectivity index (χ1n) is 6.71. The molecule has 0 spiro atoms. The lowest BCUT2D eigenvalue weighted by Crippen LogP contribution is -2.43. The van der Waals surface area contributed by atoms with Gasteiger partial charge in [-0.2, -0.15) is 5.10 Å². The number of carbonyl (C=O) groups is 1. The molecule has 5 nitrogen and oxygen atoms in total.